The molecule has 1 N–H and O–H groups in total. The molecule has 5 nitrogen and oxygen atoms in total. The Morgan fingerprint density at radius 3 is 2.75 bits per heavy atom. The third kappa shape index (κ3) is 3.42. The molecule has 0 spiro atoms. The number of furan rings is 1. The van der Waals surface area contributed by atoms with Gasteiger partial charge in [0.05, 0.1) is 12.0 Å². The van der Waals surface area contributed by atoms with Crippen LogP contribution in [0.3, 0.4) is 0 Å². The fourth-order valence-electron chi connectivity index (χ4n) is 2.02. The largest absolute Gasteiger partial charge is 0.482 e. The van der Waals surface area contributed by atoms with E-state index in [1.54, 1.807) is 6.26 Å². The molecule has 2 aromatic heterocycles. The summed E-state index contributed by atoms with van der Waals surface area (Å²) in [7, 11) is 1.91. The van der Waals surface area contributed by atoms with Crippen molar-refractivity contribution in [2.75, 3.05) is 0 Å². The van der Waals surface area contributed by atoms with Gasteiger partial charge in [-0.1, -0.05) is 13.8 Å². The third-order valence-corrected chi connectivity index (χ3v) is 3.22. The number of hydrogen-bond acceptors (Lipinski definition) is 4. The minimum Gasteiger partial charge on any atom is -0.482 e. The molecule has 2 heterocycles. The Hall–Kier alpha value is -1.75. The molecular formula is C15H23N3O2. The highest BCUT2D eigenvalue weighted by Crippen LogP contribution is 2.22. The second kappa shape index (κ2) is 6.13. The number of hydrogen-bond donors (Lipinski definition) is 1. The van der Waals surface area contributed by atoms with Crippen molar-refractivity contribution in [1.82, 2.24) is 15.1 Å². The fourth-order valence-corrected chi connectivity index (χ4v) is 2.02. The molecule has 0 bridgehead atoms. The lowest BCUT2D eigenvalue weighted by Crippen LogP contribution is -2.21. The van der Waals surface area contributed by atoms with E-state index in [0.717, 1.165) is 35.0 Å². The van der Waals surface area contributed by atoms with Crippen molar-refractivity contribution in [2.45, 2.75) is 46.9 Å². The molecule has 0 aromatic carbocycles. The second-order valence-electron chi connectivity index (χ2n) is 5.37. The number of nitrogens with zero attached hydrogens (tertiary/aromatic N) is 2. The van der Waals surface area contributed by atoms with E-state index in [-0.39, 0.29) is 0 Å². The van der Waals surface area contributed by atoms with Crippen LogP contribution in [0, 0.1) is 13.8 Å². The predicted octanol–water partition coefficient (Wildman–Crippen LogP) is 2.71. The minimum atomic E-state index is 0.426. The van der Waals surface area contributed by atoms with Crippen LogP contribution >= 0.6 is 0 Å². The fraction of sp³-hybridized carbons (Fsp3) is 0.533. The van der Waals surface area contributed by atoms with E-state index >= 15 is 0 Å². The molecule has 0 radical (unpaired) electrons. The molecule has 0 saturated carbocycles. The molecule has 2 aromatic rings. The summed E-state index contributed by atoms with van der Waals surface area (Å²) in [6.45, 7) is 9.43. The van der Waals surface area contributed by atoms with Gasteiger partial charge in [-0.3, -0.25) is 4.68 Å². The standard InChI is InChI=1S/C15H23N3O2/c1-10(2)16-7-13-6-14(19-8-13)9-20-15-11(3)17-18(5)12(15)4/h6,8,10,16H,7,9H2,1-5H3. The van der Waals surface area contributed by atoms with Crippen LogP contribution in [0.4, 0.5) is 0 Å². The van der Waals surface area contributed by atoms with Crippen LogP contribution in [0.1, 0.15) is 36.6 Å². The topological polar surface area (TPSA) is 52.2 Å². The Kier molecular flexibility index (Phi) is 4.49. The Bertz CT molecular complexity index is 570. The predicted molar refractivity (Wildman–Crippen MR) is 77.7 cm³/mol. The van der Waals surface area contributed by atoms with E-state index in [1.165, 1.54) is 0 Å². The van der Waals surface area contributed by atoms with E-state index in [1.807, 2.05) is 31.6 Å². The van der Waals surface area contributed by atoms with Gasteiger partial charge in [0.15, 0.2) is 5.75 Å². The summed E-state index contributed by atoms with van der Waals surface area (Å²) in [5.41, 5.74) is 3.06. The Morgan fingerprint density at radius 2 is 2.15 bits per heavy atom. The van der Waals surface area contributed by atoms with Gasteiger partial charge in [-0.2, -0.15) is 5.10 Å². The first kappa shape index (κ1) is 14.7. The van der Waals surface area contributed by atoms with Gasteiger partial charge < -0.3 is 14.5 Å². The number of rotatable bonds is 6. The lowest BCUT2D eigenvalue weighted by atomic mass is 10.3. The summed E-state index contributed by atoms with van der Waals surface area (Å²) >= 11 is 0. The van der Waals surface area contributed by atoms with Crippen LogP contribution < -0.4 is 10.1 Å². The molecule has 5 heteroatoms. The number of ether oxygens (including phenoxy) is 1. The van der Waals surface area contributed by atoms with Crippen LogP contribution in [0.2, 0.25) is 0 Å². The summed E-state index contributed by atoms with van der Waals surface area (Å²) in [6, 6.07) is 2.49. The van der Waals surface area contributed by atoms with E-state index in [2.05, 4.69) is 24.3 Å². The lowest BCUT2D eigenvalue weighted by Gasteiger charge is -2.05. The molecule has 0 saturated heterocycles. The summed E-state index contributed by atoms with van der Waals surface area (Å²) in [5.74, 6) is 1.67. The van der Waals surface area contributed by atoms with Crippen molar-refractivity contribution in [2.24, 2.45) is 7.05 Å². The molecule has 110 valence electrons. The molecular weight excluding hydrogens is 254 g/mol. The Balaban J connectivity index is 1.94. The van der Waals surface area contributed by atoms with Crippen LogP contribution in [-0.2, 0) is 20.2 Å². The summed E-state index contributed by atoms with van der Waals surface area (Å²) in [6.07, 6.45) is 1.77. The molecule has 0 aliphatic rings. The first-order chi connectivity index (χ1) is 9.47. The normalized spacial score (nSPS) is 11.3. The zero-order chi connectivity index (χ0) is 14.7. The monoisotopic (exact) mass is 277 g/mol. The molecule has 0 aliphatic heterocycles. The Morgan fingerprint density at radius 1 is 1.40 bits per heavy atom. The van der Waals surface area contributed by atoms with E-state index in [9.17, 15) is 0 Å². The van der Waals surface area contributed by atoms with Crippen molar-refractivity contribution in [3.05, 3.63) is 35.0 Å². The smallest absolute Gasteiger partial charge is 0.163 e. The van der Waals surface area contributed by atoms with Crippen molar-refractivity contribution < 1.29 is 9.15 Å². The highest BCUT2D eigenvalue weighted by Gasteiger charge is 2.11. The van der Waals surface area contributed by atoms with Gasteiger partial charge in [-0.15, -0.1) is 0 Å². The zero-order valence-electron chi connectivity index (χ0n) is 12.9. The van der Waals surface area contributed by atoms with Crippen molar-refractivity contribution >= 4 is 0 Å². The minimum absolute atomic E-state index is 0.426. The first-order valence-electron chi connectivity index (χ1n) is 6.90. The van der Waals surface area contributed by atoms with Crippen LogP contribution in [0.15, 0.2) is 16.7 Å². The SMILES string of the molecule is Cc1nn(C)c(C)c1OCc1cc(CNC(C)C)co1. The van der Waals surface area contributed by atoms with Crippen molar-refractivity contribution in [3.63, 3.8) is 0 Å². The van der Waals surface area contributed by atoms with E-state index in [0.29, 0.717) is 12.6 Å². The average molecular weight is 277 g/mol. The lowest BCUT2D eigenvalue weighted by molar-refractivity contribution is 0.267. The van der Waals surface area contributed by atoms with Gasteiger partial charge in [0.2, 0.25) is 0 Å². The second-order valence-corrected chi connectivity index (χ2v) is 5.37. The maximum atomic E-state index is 5.82. The highest BCUT2D eigenvalue weighted by molar-refractivity contribution is 5.31. The zero-order valence-corrected chi connectivity index (χ0v) is 12.9. The van der Waals surface area contributed by atoms with Crippen molar-refractivity contribution in [1.29, 1.82) is 0 Å². The first-order valence-corrected chi connectivity index (χ1v) is 6.90. The van der Waals surface area contributed by atoms with Gasteiger partial charge in [-0.25, -0.2) is 0 Å². The van der Waals surface area contributed by atoms with Gasteiger partial charge in [0, 0.05) is 25.2 Å². The van der Waals surface area contributed by atoms with Crippen LogP contribution in [0.25, 0.3) is 0 Å². The maximum absolute atomic E-state index is 5.82. The quantitative estimate of drug-likeness (QED) is 0.882. The van der Waals surface area contributed by atoms with Gasteiger partial charge in [0.25, 0.3) is 0 Å². The molecule has 0 unspecified atom stereocenters. The number of aromatic nitrogens is 2. The summed E-state index contributed by atoms with van der Waals surface area (Å²) < 4.78 is 13.2. The molecule has 0 aliphatic carbocycles. The highest BCUT2D eigenvalue weighted by atomic mass is 16.5. The number of nitrogens with one attached hydrogen (secondary N) is 1. The maximum Gasteiger partial charge on any atom is 0.163 e. The van der Waals surface area contributed by atoms with Crippen LogP contribution in [0.5, 0.6) is 5.75 Å². The molecule has 0 atom stereocenters. The molecule has 0 amide bonds. The third-order valence-electron chi connectivity index (χ3n) is 3.22. The molecule has 20 heavy (non-hydrogen) atoms. The van der Waals surface area contributed by atoms with E-state index in [4.69, 9.17) is 9.15 Å². The Labute approximate surface area is 119 Å². The summed E-state index contributed by atoms with van der Waals surface area (Å²) in [5, 5.41) is 7.68. The average Bonchev–Trinajstić information content (AvgIpc) is 2.92. The summed E-state index contributed by atoms with van der Waals surface area (Å²) in [4.78, 5) is 0. The van der Waals surface area contributed by atoms with Gasteiger partial charge in [-0.05, 0) is 19.9 Å². The molecule has 0 fully saturated rings. The molecule has 2 rings (SSSR count). The van der Waals surface area contributed by atoms with Gasteiger partial charge in [0.1, 0.15) is 18.1 Å². The van der Waals surface area contributed by atoms with E-state index < -0.39 is 0 Å². The van der Waals surface area contributed by atoms with Crippen LogP contribution in [-0.4, -0.2) is 15.8 Å². The van der Waals surface area contributed by atoms with Crippen molar-refractivity contribution in [3.8, 4) is 5.75 Å². The number of aryl methyl sites for hydroxylation is 2. The van der Waals surface area contributed by atoms with Gasteiger partial charge >= 0.3 is 0 Å².